The molecule has 0 amide bonds. The van der Waals surface area contributed by atoms with Gasteiger partial charge in [-0.15, -0.1) is 0 Å². The third-order valence-electron chi connectivity index (χ3n) is 2.92. The third kappa shape index (κ3) is 1.70. The highest BCUT2D eigenvalue weighted by Crippen LogP contribution is 2.40. The summed E-state index contributed by atoms with van der Waals surface area (Å²) in [4.78, 5) is 0. The largest absolute Gasteiger partial charge is 0.488 e. The summed E-state index contributed by atoms with van der Waals surface area (Å²) in [5.74, 6) is 0.720. The molecule has 0 aromatic heterocycles. The summed E-state index contributed by atoms with van der Waals surface area (Å²) in [7, 11) is -1.34. The third-order valence-corrected chi connectivity index (χ3v) is 2.92. The normalized spacial score (nSPS) is 15.7. The lowest BCUT2D eigenvalue weighted by molar-refractivity contribution is 0.425. The van der Waals surface area contributed by atoms with Gasteiger partial charge < -0.3 is 10.0 Å². The molecule has 0 aliphatic heterocycles. The highest BCUT2D eigenvalue weighted by Gasteiger charge is 2.26. The molecule has 2 N–H and O–H groups in total. The maximum absolute atomic E-state index is 9.19. The van der Waals surface area contributed by atoms with Crippen LogP contribution in [0.4, 0.5) is 0 Å². The topological polar surface area (TPSA) is 40.5 Å². The number of hydrogen-bond donors (Lipinski definition) is 2. The Balaban J connectivity index is 2.43. The van der Waals surface area contributed by atoms with Gasteiger partial charge in [0.05, 0.1) is 0 Å². The second-order valence-electron chi connectivity index (χ2n) is 4.22. The van der Waals surface area contributed by atoms with Crippen LogP contribution in [0, 0.1) is 13.8 Å². The Morgan fingerprint density at radius 2 is 1.64 bits per heavy atom. The zero-order chi connectivity index (χ0) is 10.3. The fourth-order valence-electron chi connectivity index (χ4n) is 2.07. The first kappa shape index (κ1) is 9.75. The molecule has 0 unspecified atom stereocenters. The summed E-state index contributed by atoms with van der Waals surface area (Å²) in [6, 6.07) is 4.17. The maximum Gasteiger partial charge on any atom is 0.488 e. The van der Waals surface area contributed by atoms with Crippen molar-refractivity contribution in [3.63, 3.8) is 0 Å². The van der Waals surface area contributed by atoms with Crippen molar-refractivity contribution in [2.24, 2.45) is 0 Å². The van der Waals surface area contributed by atoms with E-state index in [1.807, 2.05) is 13.8 Å². The van der Waals surface area contributed by atoms with Gasteiger partial charge in [-0.25, -0.2) is 0 Å². The van der Waals surface area contributed by atoms with E-state index in [-0.39, 0.29) is 0 Å². The standard InChI is InChI=1S/C11H15BO2/c1-7-5-10(9-3-4-9)6-8(2)11(7)12(13)14/h5-6,9,13-14H,3-4H2,1-2H3. The van der Waals surface area contributed by atoms with Crippen molar-refractivity contribution >= 4 is 12.6 Å². The van der Waals surface area contributed by atoms with Gasteiger partial charge in [0.1, 0.15) is 0 Å². The average molecular weight is 190 g/mol. The molecule has 14 heavy (non-hydrogen) atoms. The van der Waals surface area contributed by atoms with Gasteiger partial charge in [0.25, 0.3) is 0 Å². The molecule has 1 fully saturated rings. The van der Waals surface area contributed by atoms with Crippen LogP contribution in [-0.4, -0.2) is 17.2 Å². The molecular formula is C11H15BO2. The van der Waals surface area contributed by atoms with E-state index in [4.69, 9.17) is 0 Å². The lowest BCUT2D eigenvalue weighted by Gasteiger charge is -2.11. The first-order valence-electron chi connectivity index (χ1n) is 5.06. The van der Waals surface area contributed by atoms with Gasteiger partial charge >= 0.3 is 7.12 Å². The Bertz CT molecular complexity index is 333. The molecular weight excluding hydrogens is 175 g/mol. The Kier molecular flexibility index (Phi) is 2.37. The van der Waals surface area contributed by atoms with E-state index < -0.39 is 7.12 Å². The predicted octanol–water partition coefficient (Wildman–Crippen LogP) is 0.861. The molecule has 2 rings (SSSR count). The van der Waals surface area contributed by atoms with Gasteiger partial charge in [0.15, 0.2) is 0 Å². The SMILES string of the molecule is Cc1cc(C2CC2)cc(C)c1B(O)O. The van der Waals surface area contributed by atoms with E-state index >= 15 is 0 Å². The number of benzene rings is 1. The average Bonchev–Trinajstić information content (AvgIpc) is 2.83. The van der Waals surface area contributed by atoms with Crippen LogP contribution in [0.3, 0.4) is 0 Å². The number of aryl methyl sites for hydroxylation is 2. The molecule has 0 saturated heterocycles. The number of rotatable bonds is 2. The van der Waals surface area contributed by atoms with Crippen molar-refractivity contribution in [1.82, 2.24) is 0 Å². The number of hydrogen-bond acceptors (Lipinski definition) is 2. The lowest BCUT2D eigenvalue weighted by atomic mass is 9.73. The first-order chi connectivity index (χ1) is 6.59. The quantitative estimate of drug-likeness (QED) is 0.679. The van der Waals surface area contributed by atoms with Crippen LogP contribution < -0.4 is 5.46 Å². The Morgan fingerprint density at radius 1 is 1.14 bits per heavy atom. The summed E-state index contributed by atoms with van der Waals surface area (Å²) >= 11 is 0. The van der Waals surface area contributed by atoms with Gasteiger partial charge in [-0.3, -0.25) is 0 Å². The fraction of sp³-hybridized carbons (Fsp3) is 0.455. The minimum atomic E-state index is -1.34. The molecule has 0 radical (unpaired) electrons. The van der Waals surface area contributed by atoms with Crippen molar-refractivity contribution in [2.45, 2.75) is 32.6 Å². The molecule has 0 spiro atoms. The molecule has 0 bridgehead atoms. The van der Waals surface area contributed by atoms with Gasteiger partial charge in [-0.2, -0.15) is 0 Å². The predicted molar refractivity (Wildman–Crippen MR) is 57.7 cm³/mol. The van der Waals surface area contributed by atoms with Gasteiger partial charge in [0, 0.05) is 0 Å². The van der Waals surface area contributed by atoms with Crippen molar-refractivity contribution in [2.75, 3.05) is 0 Å². The van der Waals surface area contributed by atoms with Crippen LogP contribution in [-0.2, 0) is 0 Å². The van der Waals surface area contributed by atoms with E-state index in [1.54, 1.807) is 0 Å². The summed E-state index contributed by atoms with van der Waals surface area (Å²) in [6.45, 7) is 3.88. The highest BCUT2D eigenvalue weighted by atomic mass is 16.4. The van der Waals surface area contributed by atoms with E-state index in [9.17, 15) is 10.0 Å². The fourth-order valence-corrected chi connectivity index (χ4v) is 2.07. The highest BCUT2D eigenvalue weighted by molar-refractivity contribution is 6.59. The Morgan fingerprint density at radius 3 is 2.00 bits per heavy atom. The minimum absolute atomic E-state index is 0.661. The zero-order valence-electron chi connectivity index (χ0n) is 8.62. The van der Waals surface area contributed by atoms with Crippen LogP contribution in [0.25, 0.3) is 0 Å². The second kappa shape index (κ2) is 3.41. The van der Waals surface area contributed by atoms with Gasteiger partial charge in [0.2, 0.25) is 0 Å². The molecule has 74 valence electrons. The molecule has 0 atom stereocenters. The van der Waals surface area contributed by atoms with E-state index in [0.29, 0.717) is 5.46 Å². The summed E-state index contributed by atoms with van der Waals surface area (Å²) in [5, 5.41) is 18.4. The molecule has 0 heterocycles. The molecule has 1 aliphatic rings. The van der Waals surface area contributed by atoms with Crippen LogP contribution in [0.1, 0.15) is 35.4 Å². The summed E-state index contributed by atoms with van der Waals surface area (Å²) in [6.07, 6.45) is 2.56. The van der Waals surface area contributed by atoms with E-state index in [0.717, 1.165) is 17.0 Å². The van der Waals surface area contributed by atoms with Crippen molar-refractivity contribution in [1.29, 1.82) is 0 Å². The first-order valence-corrected chi connectivity index (χ1v) is 5.06. The summed E-state index contributed by atoms with van der Waals surface area (Å²) in [5.41, 5.74) is 3.99. The molecule has 1 aliphatic carbocycles. The zero-order valence-corrected chi connectivity index (χ0v) is 8.62. The molecule has 3 heteroatoms. The van der Waals surface area contributed by atoms with Crippen LogP contribution in [0.2, 0.25) is 0 Å². The summed E-state index contributed by atoms with van der Waals surface area (Å²) < 4.78 is 0. The van der Waals surface area contributed by atoms with E-state index in [1.165, 1.54) is 18.4 Å². The molecule has 1 aromatic carbocycles. The van der Waals surface area contributed by atoms with Crippen LogP contribution >= 0.6 is 0 Å². The lowest BCUT2D eigenvalue weighted by Crippen LogP contribution is -2.34. The molecule has 2 nitrogen and oxygen atoms in total. The van der Waals surface area contributed by atoms with Crippen LogP contribution in [0.5, 0.6) is 0 Å². The smallest absolute Gasteiger partial charge is 0.423 e. The minimum Gasteiger partial charge on any atom is -0.423 e. The van der Waals surface area contributed by atoms with Gasteiger partial charge in [-0.1, -0.05) is 23.3 Å². The second-order valence-corrected chi connectivity index (χ2v) is 4.22. The monoisotopic (exact) mass is 190 g/mol. The van der Waals surface area contributed by atoms with Crippen molar-refractivity contribution in [3.8, 4) is 0 Å². The van der Waals surface area contributed by atoms with Crippen molar-refractivity contribution < 1.29 is 10.0 Å². The Hall–Kier alpha value is -0.795. The van der Waals surface area contributed by atoms with E-state index in [2.05, 4.69) is 12.1 Å². The maximum atomic E-state index is 9.19. The van der Waals surface area contributed by atoms with Crippen LogP contribution in [0.15, 0.2) is 12.1 Å². The van der Waals surface area contributed by atoms with Gasteiger partial charge in [-0.05, 0) is 43.6 Å². The van der Waals surface area contributed by atoms with Crippen molar-refractivity contribution in [3.05, 3.63) is 28.8 Å². The molecule has 1 saturated carbocycles. The Labute approximate surface area is 84.7 Å². The molecule has 1 aromatic rings.